The van der Waals surface area contributed by atoms with Crippen LogP contribution < -0.4 is 0 Å². The highest BCUT2D eigenvalue weighted by Gasteiger charge is 2.24. The van der Waals surface area contributed by atoms with Gasteiger partial charge in [0.1, 0.15) is 0 Å². The van der Waals surface area contributed by atoms with Crippen molar-refractivity contribution in [1.29, 1.82) is 0 Å². The number of aromatic amines is 1. The SMILES string of the molecule is COC[C@@H]1CCCN1CCc1c[nH]c2ccc(-c3cccs3)cc12. The number of fused-ring (bicyclic) bond motifs is 1. The number of rotatable bonds is 6. The average molecular weight is 340 g/mol. The van der Waals surface area contributed by atoms with Crippen LogP contribution in [0.5, 0.6) is 0 Å². The van der Waals surface area contributed by atoms with Gasteiger partial charge in [-0.25, -0.2) is 0 Å². The van der Waals surface area contributed by atoms with Gasteiger partial charge in [0.15, 0.2) is 0 Å². The number of likely N-dealkylation sites (tertiary alicyclic amines) is 1. The Hall–Kier alpha value is -1.62. The summed E-state index contributed by atoms with van der Waals surface area (Å²) >= 11 is 1.80. The predicted octanol–water partition coefficient (Wildman–Crippen LogP) is 4.55. The van der Waals surface area contributed by atoms with Gasteiger partial charge in [0.2, 0.25) is 0 Å². The maximum absolute atomic E-state index is 5.37. The molecule has 0 saturated carbocycles. The van der Waals surface area contributed by atoms with E-state index in [1.807, 2.05) is 7.11 Å². The molecule has 3 heterocycles. The molecule has 1 saturated heterocycles. The van der Waals surface area contributed by atoms with Crippen LogP contribution in [0.25, 0.3) is 21.3 Å². The predicted molar refractivity (Wildman–Crippen MR) is 102 cm³/mol. The molecule has 0 radical (unpaired) electrons. The second kappa shape index (κ2) is 7.09. The zero-order valence-corrected chi connectivity index (χ0v) is 14.9. The summed E-state index contributed by atoms with van der Waals surface area (Å²) in [7, 11) is 1.81. The van der Waals surface area contributed by atoms with Crippen molar-refractivity contribution in [2.75, 3.05) is 26.8 Å². The Morgan fingerprint density at radius 3 is 3.12 bits per heavy atom. The third-order valence-electron chi connectivity index (χ3n) is 5.10. The van der Waals surface area contributed by atoms with Crippen LogP contribution in [0.3, 0.4) is 0 Å². The van der Waals surface area contributed by atoms with E-state index in [9.17, 15) is 0 Å². The molecule has 126 valence electrons. The molecule has 3 aromatic rings. The quantitative estimate of drug-likeness (QED) is 0.713. The van der Waals surface area contributed by atoms with Crippen LogP contribution in [-0.4, -0.2) is 42.7 Å². The summed E-state index contributed by atoms with van der Waals surface area (Å²) in [4.78, 5) is 7.36. The number of nitrogens with one attached hydrogen (secondary N) is 1. The van der Waals surface area contributed by atoms with Gasteiger partial charge in [-0.3, -0.25) is 4.90 Å². The van der Waals surface area contributed by atoms with Crippen LogP contribution >= 0.6 is 11.3 Å². The molecule has 4 rings (SSSR count). The van der Waals surface area contributed by atoms with E-state index in [1.165, 1.54) is 46.3 Å². The summed E-state index contributed by atoms with van der Waals surface area (Å²) in [6.45, 7) is 3.18. The zero-order valence-electron chi connectivity index (χ0n) is 14.1. The second-order valence-corrected chi connectivity index (χ2v) is 7.54. The molecule has 4 heteroatoms. The van der Waals surface area contributed by atoms with Crippen molar-refractivity contribution in [2.24, 2.45) is 0 Å². The first-order chi connectivity index (χ1) is 11.8. The van der Waals surface area contributed by atoms with Gasteiger partial charge < -0.3 is 9.72 Å². The summed E-state index contributed by atoms with van der Waals surface area (Å²) in [5.74, 6) is 0. The number of ether oxygens (including phenoxy) is 1. The van der Waals surface area contributed by atoms with Crippen molar-refractivity contribution in [2.45, 2.75) is 25.3 Å². The summed E-state index contributed by atoms with van der Waals surface area (Å²) < 4.78 is 5.37. The van der Waals surface area contributed by atoms with Crippen LogP contribution in [0.2, 0.25) is 0 Å². The first kappa shape index (κ1) is 15.9. The van der Waals surface area contributed by atoms with E-state index in [-0.39, 0.29) is 0 Å². The molecule has 1 aliphatic rings. The largest absolute Gasteiger partial charge is 0.383 e. The van der Waals surface area contributed by atoms with Crippen LogP contribution in [0, 0.1) is 0 Å². The van der Waals surface area contributed by atoms with Gasteiger partial charge >= 0.3 is 0 Å². The van der Waals surface area contributed by atoms with Gasteiger partial charge in [-0.15, -0.1) is 11.3 Å². The minimum absolute atomic E-state index is 0.599. The van der Waals surface area contributed by atoms with Gasteiger partial charge in [0.05, 0.1) is 6.61 Å². The molecular formula is C20H24N2OS. The van der Waals surface area contributed by atoms with Gasteiger partial charge in [0, 0.05) is 41.7 Å². The number of methoxy groups -OCH3 is 1. The molecule has 1 aliphatic heterocycles. The van der Waals surface area contributed by atoms with Gasteiger partial charge in [-0.05, 0) is 60.5 Å². The normalized spacial score (nSPS) is 18.6. The lowest BCUT2D eigenvalue weighted by Gasteiger charge is -2.23. The Kier molecular flexibility index (Phi) is 4.69. The number of nitrogens with zero attached hydrogens (tertiary/aromatic N) is 1. The van der Waals surface area contributed by atoms with E-state index in [0.717, 1.165) is 19.6 Å². The van der Waals surface area contributed by atoms with E-state index in [2.05, 4.69) is 51.8 Å². The lowest BCUT2D eigenvalue weighted by Crippen LogP contribution is -2.34. The fourth-order valence-corrected chi connectivity index (χ4v) is 4.54. The smallest absolute Gasteiger partial charge is 0.0618 e. The minimum Gasteiger partial charge on any atom is -0.383 e. The number of aromatic nitrogens is 1. The van der Waals surface area contributed by atoms with Crippen LogP contribution in [-0.2, 0) is 11.2 Å². The Labute approximate surface area is 147 Å². The highest BCUT2D eigenvalue weighted by Crippen LogP contribution is 2.29. The fourth-order valence-electron chi connectivity index (χ4n) is 3.82. The summed E-state index contributed by atoms with van der Waals surface area (Å²) in [6.07, 6.45) is 5.84. The monoisotopic (exact) mass is 340 g/mol. The fraction of sp³-hybridized carbons (Fsp3) is 0.400. The Morgan fingerprint density at radius 2 is 2.29 bits per heavy atom. The van der Waals surface area contributed by atoms with E-state index in [4.69, 9.17) is 4.74 Å². The molecule has 0 unspecified atom stereocenters. The first-order valence-corrected chi connectivity index (χ1v) is 9.60. The standard InChI is InChI=1S/C20H24N2OS/c1-23-14-17-4-2-9-22(17)10-8-16-13-21-19-7-6-15(12-18(16)19)20-5-3-11-24-20/h3,5-7,11-13,17,21H,2,4,8-10,14H2,1H3/t17-/m0/s1. The molecule has 24 heavy (non-hydrogen) atoms. The molecule has 0 aliphatic carbocycles. The topological polar surface area (TPSA) is 28.3 Å². The number of hydrogen-bond donors (Lipinski definition) is 1. The molecule has 1 fully saturated rings. The summed E-state index contributed by atoms with van der Waals surface area (Å²) in [6, 6.07) is 11.7. The third kappa shape index (κ3) is 3.14. The zero-order chi connectivity index (χ0) is 16.4. The molecule has 3 nitrogen and oxygen atoms in total. The summed E-state index contributed by atoms with van der Waals surface area (Å²) in [5.41, 5.74) is 3.98. The van der Waals surface area contributed by atoms with Gasteiger partial charge in [-0.1, -0.05) is 12.1 Å². The van der Waals surface area contributed by atoms with Crippen LogP contribution in [0.4, 0.5) is 0 Å². The Morgan fingerprint density at radius 1 is 1.33 bits per heavy atom. The molecule has 1 N–H and O–H groups in total. The Balaban J connectivity index is 1.53. The number of benzene rings is 1. The van der Waals surface area contributed by atoms with Gasteiger partial charge in [-0.2, -0.15) is 0 Å². The molecule has 1 atom stereocenters. The van der Waals surface area contributed by atoms with Crippen molar-refractivity contribution in [3.63, 3.8) is 0 Å². The van der Waals surface area contributed by atoms with Crippen LogP contribution in [0.1, 0.15) is 18.4 Å². The average Bonchev–Trinajstić information content (AvgIpc) is 3.34. The van der Waals surface area contributed by atoms with Crippen molar-refractivity contribution in [3.05, 3.63) is 47.5 Å². The lowest BCUT2D eigenvalue weighted by atomic mass is 10.1. The Bertz CT molecular complexity index is 793. The third-order valence-corrected chi connectivity index (χ3v) is 6.02. The maximum atomic E-state index is 5.37. The first-order valence-electron chi connectivity index (χ1n) is 8.72. The summed E-state index contributed by atoms with van der Waals surface area (Å²) in [5, 5.41) is 3.50. The van der Waals surface area contributed by atoms with Crippen molar-refractivity contribution in [1.82, 2.24) is 9.88 Å². The van der Waals surface area contributed by atoms with Crippen LogP contribution in [0.15, 0.2) is 41.9 Å². The number of hydrogen-bond acceptors (Lipinski definition) is 3. The van der Waals surface area contributed by atoms with E-state index in [0.29, 0.717) is 6.04 Å². The van der Waals surface area contributed by atoms with Gasteiger partial charge in [0.25, 0.3) is 0 Å². The number of H-pyrrole nitrogens is 1. The highest BCUT2D eigenvalue weighted by molar-refractivity contribution is 7.13. The van der Waals surface area contributed by atoms with E-state index in [1.54, 1.807) is 11.3 Å². The second-order valence-electron chi connectivity index (χ2n) is 6.59. The lowest BCUT2D eigenvalue weighted by molar-refractivity contribution is 0.116. The molecule has 0 bridgehead atoms. The van der Waals surface area contributed by atoms with E-state index < -0.39 is 0 Å². The molecular weight excluding hydrogens is 316 g/mol. The molecule has 0 spiro atoms. The molecule has 2 aromatic heterocycles. The highest BCUT2D eigenvalue weighted by atomic mass is 32.1. The molecule has 1 aromatic carbocycles. The molecule has 0 amide bonds. The minimum atomic E-state index is 0.599. The maximum Gasteiger partial charge on any atom is 0.0618 e. The number of thiophene rings is 1. The van der Waals surface area contributed by atoms with Crippen molar-refractivity contribution < 1.29 is 4.74 Å². The van der Waals surface area contributed by atoms with Crippen molar-refractivity contribution in [3.8, 4) is 10.4 Å². The van der Waals surface area contributed by atoms with Crippen molar-refractivity contribution >= 4 is 22.2 Å². The van der Waals surface area contributed by atoms with E-state index >= 15 is 0 Å².